The topological polar surface area (TPSA) is 48.0 Å². The van der Waals surface area contributed by atoms with E-state index in [2.05, 4.69) is 13.0 Å². The molecule has 0 saturated carbocycles. The molecule has 18 heavy (non-hydrogen) atoms. The Hall–Kier alpha value is -2.03. The predicted octanol–water partition coefficient (Wildman–Crippen LogP) is 3.02. The van der Waals surface area contributed by atoms with E-state index in [1.54, 1.807) is 0 Å². The Balaban J connectivity index is 2.18. The maximum atomic E-state index is 12.1. The standard InChI is InChI=1S/C15H16N2O/c1-10-9-14(11-5-7-12(16)8-6-11)17-13(10)3-2-4-15(17)18/h5-9H,2-4,16H2,1H3. The Bertz CT molecular complexity index is 608. The van der Waals surface area contributed by atoms with Gasteiger partial charge in [0, 0.05) is 17.8 Å². The molecule has 3 nitrogen and oxygen atoms in total. The molecule has 1 aliphatic heterocycles. The van der Waals surface area contributed by atoms with E-state index in [9.17, 15) is 4.79 Å². The number of aromatic nitrogens is 1. The van der Waals surface area contributed by atoms with Crippen molar-refractivity contribution >= 4 is 11.6 Å². The second-order valence-corrected chi connectivity index (χ2v) is 4.86. The van der Waals surface area contributed by atoms with E-state index in [0.29, 0.717) is 6.42 Å². The molecule has 0 aliphatic carbocycles. The largest absolute Gasteiger partial charge is 0.399 e. The van der Waals surface area contributed by atoms with Gasteiger partial charge in [-0.3, -0.25) is 9.36 Å². The van der Waals surface area contributed by atoms with Gasteiger partial charge < -0.3 is 5.73 Å². The molecule has 2 N–H and O–H groups in total. The van der Waals surface area contributed by atoms with Crippen LogP contribution in [0.25, 0.3) is 11.3 Å². The fourth-order valence-electron chi connectivity index (χ4n) is 2.65. The zero-order valence-electron chi connectivity index (χ0n) is 10.4. The van der Waals surface area contributed by atoms with E-state index in [-0.39, 0.29) is 5.91 Å². The van der Waals surface area contributed by atoms with E-state index >= 15 is 0 Å². The van der Waals surface area contributed by atoms with Gasteiger partial charge in [-0.05, 0) is 49.1 Å². The molecule has 3 rings (SSSR count). The number of nitrogen functional groups attached to an aromatic ring is 1. The van der Waals surface area contributed by atoms with Crippen molar-refractivity contribution in [2.75, 3.05) is 5.73 Å². The van der Waals surface area contributed by atoms with Crippen molar-refractivity contribution in [3.05, 3.63) is 41.6 Å². The van der Waals surface area contributed by atoms with E-state index in [4.69, 9.17) is 5.73 Å². The fourth-order valence-corrected chi connectivity index (χ4v) is 2.65. The Morgan fingerprint density at radius 3 is 2.61 bits per heavy atom. The molecule has 3 heteroatoms. The third-order valence-corrected chi connectivity index (χ3v) is 3.58. The third-order valence-electron chi connectivity index (χ3n) is 3.58. The molecule has 1 aliphatic rings. The zero-order valence-corrected chi connectivity index (χ0v) is 10.4. The van der Waals surface area contributed by atoms with Crippen LogP contribution in [-0.2, 0) is 6.42 Å². The number of hydrogen-bond donors (Lipinski definition) is 1. The van der Waals surface area contributed by atoms with Gasteiger partial charge in [-0.2, -0.15) is 0 Å². The van der Waals surface area contributed by atoms with Crippen LogP contribution in [0.1, 0.15) is 28.9 Å². The molecule has 0 unspecified atom stereocenters. The summed E-state index contributed by atoms with van der Waals surface area (Å²) in [5, 5.41) is 0. The number of anilines is 1. The van der Waals surface area contributed by atoms with Gasteiger partial charge in [0.05, 0.1) is 5.69 Å². The Morgan fingerprint density at radius 1 is 1.17 bits per heavy atom. The lowest BCUT2D eigenvalue weighted by Gasteiger charge is -2.17. The highest BCUT2D eigenvalue weighted by atomic mass is 16.2. The highest BCUT2D eigenvalue weighted by molar-refractivity contribution is 5.87. The summed E-state index contributed by atoms with van der Waals surface area (Å²) in [6.07, 6.45) is 2.60. The van der Waals surface area contributed by atoms with Crippen LogP contribution in [0.2, 0.25) is 0 Å². The molecular weight excluding hydrogens is 224 g/mol. The van der Waals surface area contributed by atoms with Gasteiger partial charge in [0.2, 0.25) is 5.91 Å². The highest BCUT2D eigenvalue weighted by Crippen LogP contribution is 2.30. The maximum Gasteiger partial charge on any atom is 0.231 e. The summed E-state index contributed by atoms with van der Waals surface area (Å²) in [6.45, 7) is 2.07. The zero-order chi connectivity index (χ0) is 12.7. The quantitative estimate of drug-likeness (QED) is 0.779. The molecule has 1 aromatic carbocycles. The summed E-state index contributed by atoms with van der Waals surface area (Å²) in [4.78, 5) is 12.1. The van der Waals surface area contributed by atoms with E-state index in [1.807, 2.05) is 28.8 Å². The average molecular weight is 240 g/mol. The lowest BCUT2D eigenvalue weighted by molar-refractivity contribution is 0.0886. The molecule has 0 amide bonds. The summed E-state index contributed by atoms with van der Waals surface area (Å²) in [5.74, 6) is 0.205. The second kappa shape index (κ2) is 4.02. The van der Waals surface area contributed by atoms with Gasteiger partial charge in [-0.15, -0.1) is 0 Å². The molecule has 0 bridgehead atoms. The van der Waals surface area contributed by atoms with E-state index in [1.165, 1.54) is 5.56 Å². The number of hydrogen-bond acceptors (Lipinski definition) is 2. The monoisotopic (exact) mass is 240 g/mol. The van der Waals surface area contributed by atoms with Crippen LogP contribution in [-0.4, -0.2) is 10.5 Å². The van der Waals surface area contributed by atoms with Crippen LogP contribution in [0.15, 0.2) is 30.3 Å². The number of carbonyl (C=O) groups excluding carboxylic acids is 1. The first-order valence-corrected chi connectivity index (χ1v) is 6.27. The van der Waals surface area contributed by atoms with Crippen molar-refractivity contribution in [2.24, 2.45) is 0 Å². The van der Waals surface area contributed by atoms with Crippen LogP contribution < -0.4 is 5.73 Å². The Labute approximate surface area is 106 Å². The van der Waals surface area contributed by atoms with Gasteiger partial charge in [0.25, 0.3) is 0 Å². The molecular formula is C15H16N2O. The highest BCUT2D eigenvalue weighted by Gasteiger charge is 2.22. The number of benzene rings is 1. The van der Waals surface area contributed by atoms with E-state index in [0.717, 1.165) is 35.5 Å². The minimum atomic E-state index is 0.205. The minimum absolute atomic E-state index is 0.205. The van der Waals surface area contributed by atoms with Gasteiger partial charge in [0.15, 0.2) is 0 Å². The molecule has 0 fully saturated rings. The normalized spacial score (nSPS) is 14.6. The summed E-state index contributed by atoms with van der Waals surface area (Å²) >= 11 is 0. The Morgan fingerprint density at radius 2 is 1.89 bits per heavy atom. The molecule has 0 atom stereocenters. The van der Waals surface area contributed by atoms with Crippen LogP contribution in [0.4, 0.5) is 5.69 Å². The van der Waals surface area contributed by atoms with Crippen molar-refractivity contribution in [1.82, 2.24) is 4.57 Å². The van der Waals surface area contributed by atoms with E-state index < -0.39 is 0 Å². The number of rotatable bonds is 1. The Kier molecular flexibility index (Phi) is 2.47. The molecule has 0 spiro atoms. The third kappa shape index (κ3) is 1.63. The average Bonchev–Trinajstić information content (AvgIpc) is 2.70. The van der Waals surface area contributed by atoms with Crippen LogP contribution >= 0.6 is 0 Å². The van der Waals surface area contributed by atoms with Crippen molar-refractivity contribution < 1.29 is 4.79 Å². The molecule has 92 valence electrons. The van der Waals surface area contributed by atoms with Crippen molar-refractivity contribution in [3.63, 3.8) is 0 Å². The summed E-state index contributed by atoms with van der Waals surface area (Å²) in [5.41, 5.74) is 10.9. The maximum absolute atomic E-state index is 12.1. The van der Waals surface area contributed by atoms with Crippen molar-refractivity contribution in [3.8, 4) is 11.3 Å². The first kappa shape index (κ1) is 11.1. The molecule has 0 radical (unpaired) electrons. The van der Waals surface area contributed by atoms with Crippen LogP contribution in [0.5, 0.6) is 0 Å². The second-order valence-electron chi connectivity index (χ2n) is 4.86. The predicted molar refractivity (Wildman–Crippen MR) is 72.6 cm³/mol. The minimum Gasteiger partial charge on any atom is -0.399 e. The molecule has 0 saturated heterocycles. The summed E-state index contributed by atoms with van der Waals surface area (Å²) in [6, 6.07) is 9.79. The molecule has 2 aromatic rings. The van der Waals surface area contributed by atoms with Crippen LogP contribution in [0, 0.1) is 6.92 Å². The first-order chi connectivity index (χ1) is 8.66. The number of nitrogens with zero attached hydrogens (tertiary/aromatic N) is 1. The van der Waals surface area contributed by atoms with Crippen molar-refractivity contribution in [1.29, 1.82) is 0 Å². The van der Waals surface area contributed by atoms with Crippen molar-refractivity contribution in [2.45, 2.75) is 26.2 Å². The smallest absolute Gasteiger partial charge is 0.231 e. The van der Waals surface area contributed by atoms with Gasteiger partial charge in [-0.1, -0.05) is 12.1 Å². The van der Waals surface area contributed by atoms with Gasteiger partial charge in [0.1, 0.15) is 0 Å². The lowest BCUT2D eigenvalue weighted by Crippen LogP contribution is -2.20. The SMILES string of the molecule is Cc1cc(-c2ccc(N)cc2)n2c1CCCC2=O. The fraction of sp³-hybridized carbons (Fsp3) is 0.267. The number of fused-ring (bicyclic) bond motifs is 1. The van der Waals surface area contributed by atoms with Gasteiger partial charge in [-0.25, -0.2) is 0 Å². The lowest BCUT2D eigenvalue weighted by atomic mass is 10.1. The van der Waals surface area contributed by atoms with Gasteiger partial charge >= 0.3 is 0 Å². The number of nitrogens with two attached hydrogens (primary N) is 1. The number of carbonyl (C=O) groups is 1. The molecule has 1 aromatic heterocycles. The van der Waals surface area contributed by atoms with Crippen LogP contribution in [0.3, 0.4) is 0 Å². The summed E-state index contributed by atoms with van der Waals surface area (Å²) in [7, 11) is 0. The number of aryl methyl sites for hydroxylation is 1. The summed E-state index contributed by atoms with van der Waals surface area (Å²) < 4.78 is 1.88. The molecule has 2 heterocycles. The first-order valence-electron chi connectivity index (χ1n) is 6.27.